The van der Waals surface area contributed by atoms with Crippen molar-refractivity contribution >= 4 is 34.3 Å². The van der Waals surface area contributed by atoms with Gasteiger partial charge in [0.15, 0.2) is 0 Å². The molecule has 0 unspecified atom stereocenters. The maximum absolute atomic E-state index is 13.1. The second kappa shape index (κ2) is 7.78. The highest BCUT2D eigenvalue weighted by atomic mass is 35.5. The number of carbonyl (C=O) groups is 2. The molecule has 0 saturated carbocycles. The molecule has 2 fully saturated rings. The Bertz CT molecular complexity index is 1090. The van der Waals surface area contributed by atoms with Crippen LogP contribution in [-0.4, -0.2) is 58.3 Å². The van der Waals surface area contributed by atoms with Gasteiger partial charge in [-0.25, -0.2) is 0 Å². The number of rotatable bonds is 4. The molecule has 2 saturated heterocycles. The summed E-state index contributed by atoms with van der Waals surface area (Å²) in [5, 5.41) is 4.77. The number of hydrogen-bond donors (Lipinski definition) is 2. The first-order valence-corrected chi connectivity index (χ1v) is 10.6. The fourth-order valence-corrected chi connectivity index (χ4v) is 4.63. The van der Waals surface area contributed by atoms with Crippen LogP contribution >= 0.6 is 11.6 Å². The first-order chi connectivity index (χ1) is 14.6. The van der Waals surface area contributed by atoms with Gasteiger partial charge in [-0.3, -0.25) is 14.5 Å². The third-order valence-electron chi connectivity index (χ3n) is 6.08. The van der Waals surface area contributed by atoms with Crippen LogP contribution in [0.1, 0.15) is 11.1 Å². The number of amides is 2. The van der Waals surface area contributed by atoms with Gasteiger partial charge in [0.1, 0.15) is 12.1 Å². The van der Waals surface area contributed by atoms with Gasteiger partial charge in [-0.15, -0.1) is 0 Å². The zero-order chi connectivity index (χ0) is 20.7. The average Bonchev–Trinajstić information content (AvgIpc) is 3.16. The van der Waals surface area contributed by atoms with Gasteiger partial charge >= 0.3 is 0 Å². The van der Waals surface area contributed by atoms with Crippen molar-refractivity contribution < 1.29 is 9.59 Å². The minimum absolute atomic E-state index is 0.0102. The topological polar surface area (TPSA) is 68.4 Å². The predicted octanol–water partition coefficient (Wildman–Crippen LogP) is 2.58. The second-order valence-corrected chi connectivity index (χ2v) is 8.47. The summed E-state index contributed by atoms with van der Waals surface area (Å²) in [6.07, 6.45) is 2.42. The van der Waals surface area contributed by atoms with E-state index in [1.807, 2.05) is 54.7 Å². The van der Waals surface area contributed by atoms with Crippen molar-refractivity contribution in [2.45, 2.75) is 25.0 Å². The lowest BCUT2D eigenvalue weighted by Crippen LogP contribution is -2.69. The number of aromatic nitrogens is 1. The fraction of sp³-hybridized carbons (Fsp3) is 0.304. The minimum atomic E-state index is -0.518. The van der Waals surface area contributed by atoms with E-state index < -0.39 is 12.1 Å². The molecular formula is C23H23ClN4O2. The number of halogens is 1. The van der Waals surface area contributed by atoms with Gasteiger partial charge in [-0.1, -0.05) is 41.9 Å². The van der Waals surface area contributed by atoms with Gasteiger partial charge in [0, 0.05) is 54.7 Å². The summed E-state index contributed by atoms with van der Waals surface area (Å²) in [6.45, 7) is 2.59. The fourth-order valence-electron chi connectivity index (χ4n) is 4.51. The van der Waals surface area contributed by atoms with Crippen molar-refractivity contribution in [3.63, 3.8) is 0 Å². The van der Waals surface area contributed by atoms with Gasteiger partial charge in [-0.2, -0.15) is 0 Å². The Morgan fingerprint density at radius 2 is 1.83 bits per heavy atom. The number of para-hydroxylation sites is 1. The van der Waals surface area contributed by atoms with Crippen molar-refractivity contribution in [3.05, 3.63) is 70.9 Å². The monoisotopic (exact) mass is 422 g/mol. The zero-order valence-electron chi connectivity index (χ0n) is 16.5. The molecule has 2 aromatic carbocycles. The number of carbonyl (C=O) groups excluding carboxylic acids is 2. The highest BCUT2D eigenvalue weighted by Gasteiger charge is 2.43. The Kier molecular flexibility index (Phi) is 4.97. The van der Waals surface area contributed by atoms with E-state index in [1.54, 1.807) is 4.90 Å². The molecule has 2 amide bonds. The molecule has 154 valence electrons. The molecule has 5 rings (SSSR count). The lowest BCUT2D eigenvalue weighted by Gasteiger charge is -2.45. The molecule has 0 aliphatic carbocycles. The normalized spacial score (nSPS) is 22.2. The number of benzene rings is 2. The number of hydrogen-bond acceptors (Lipinski definition) is 3. The minimum Gasteiger partial charge on any atom is -0.361 e. The molecule has 30 heavy (non-hydrogen) atoms. The summed E-state index contributed by atoms with van der Waals surface area (Å²) in [5.41, 5.74) is 3.23. The zero-order valence-corrected chi connectivity index (χ0v) is 17.2. The van der Waals surface area contributed by atoms with E-state index in [-0.39, 0.29) is 11.8 Å². The van der Waals surface area contributed by atoms with Crippen molar-refractivity contribution in [2.75, 3.05) is 19.6 Å². The van der Waals surface area contributed by atoms with E-state index in [4.69, 9.17) is 11.6 Å². The van der Waals surface area contributed by atoms with Crippen LogP contribution in [0.25, 0.3) is 10.9 Å². The van der Waals surface area contributed by atoms with Gasteiger partial charge in [0.05, 0.1) is 0 Å². The van der Waals surface area contributed by atoms with Crippen LogP contribution in [0.15, 0.2) is 54.7 Å². The number of H-pyrrole nitrogens is 1. The van der Waals surface area contributed by atoms with E-state index in [0.29, 0.717) is 24.5 Å². The van der Waals surface area contributed by atoms with E-state index in [0.717, 1.165) is 35.1 Å². The number of nitrogens with one attached hydrogen (secondary N) is 2. The first kappa shape index (κ1) is 19.2. The van der Waals surface area contributed by atoms with Gasteiger partial charge in [0.2, 0.25) is 11.8 Å². The smallest absolute Gasteiger partial charge is 0.246 e. The summed E-state index contributed by atoms with van der Waals surface area (Å²) in [7, 11) is 0. The van der Waals surface area contributed by atoms with Crippen molar-refractivity contribution in [1.82, 2.24) is 20.1 Å². The first-order valence-electron chi connectivity index (χ1n) is 10.2. The largest absolute Gasteiger partial charge is 0.361 e. The summed E-state index contributed by atoms with van der Waals surface area (Å²) >= 11 is 5.96. The van der Waals surface area contributed by atoms with E-state index in [2.05, 4.69) is 15.2 Å². The Morgan fingerprint density at radius 1 is 1.03 bits per heavy atom. The van der Waals surface area contributed by atoms with Crippen LogP contribution in [-0.2, 0) is 22.6 Å². The predicted molar refractivity (Wildman–Crippen MR) is 116 cm³/mol. The summed E-state index contributed by atoms with van der Waals surface area (Å²) < 4.78 is 0. The second-order valence-electron chi connectivity index (χ2n) is 8.03. The van der Waals surface area contributed by atoms with Crippen molar-refractivity contribution in [3.8, 4) is 0 Å². The maximum atomic E-state index is 13.1. The summed E-state index contributed by atoms with van der Waals surface area (Å²) in [6, 6.07) is 14.8. The molecule has 2 N–H and O–H groups in total. The molecule has 0 spiro atoms. The molecule has 1 aromatic heterocycles. The number of aromatic amines is 1. The Balaban J connectivity index is 1.28. The van der Waals surface area contributed by atoms with Crippen LogP contribution in [0.2, 0.25) is 5.02 Å². The summed E-state index contributed by atoms with van der Waals surface area (Å²) in [5.74, 6) is -0.0590. The lowest BCUT2D eigenvalue weighted by molar-refractivity contribution is -0.153. The SMILES string of the molecule is O=C1N[C@@H](Cc2c[nH]c3ccccc23)C(=O)N2CCN(Cc3ccc(Cl)cc3)C[C@H]12. The molecule has 2 atom stereocenters. The third-order valence-corrected chi connectivity index (χ3v) is 6.34. The van der Waals surface area contributed by atoms with Crippen LogP contribution in [0.5, 0.6) is 0 Å². The van der Waals surface area contributed by atoms with Gasteiger partial charge in [0.25, 0.3) is 0 Å². The molecule has 3 aromatic rings. The highest BCUT2D eigenvalue weighted by molar-refractivity contribution is 6.30. The highest BCUT2D eigenvalue weighted by Crippen LogP contribution is 2.23. The molecule has 6 nitrogen and oxygen atoms in total. The van der Waals surface area contributed by atoms with E-state index >= 15 is 0 Å². The molecule has 0 bridgehead atoms. The number of piperazine rings is 2. The molecular weight excluding hydrogens is 400 g/mol. The van der Waals surface area contributed by atoms with Crippen LogP contribution in [0.4, 0.5) is 0 Å². The maximum Gasteiger partial charge on any atom is 0.246 e. The van der Waals surface area contributed by atoms with Crippen molar-refractivity contribution in [2.24, 2.45) is 0 Å². The molecule has 3 heterocycles. The quantitative estimate of drug-likeness (QED) is 0.679. The molecule has 2 aliphatic rings. The standard InChI is InChI=1S/C23H23ClN4O2/c24-17-7-5-15(6-8-17)13-27-9-10-28-21(14-27)22(29)26-20(23(28)30)11-16-12-25-19-4-2-1-3-18(16)19/h1-8,12,20-21,25H,9-11,13-14H2,(H,26,29)/t20-,21+/m0/s1. The molecule has 0 radical (unpaired) electrons. The van der Waals surface area contributed by atoms with Crippen LogP contribution in [0.3, 0.4) is 0 Å². The van der Waals surface area contributed by atoms with E-state index in [9.17, 15) is 9.59 Å². The molecule has 2 aliphatic heterocycles. The lowest BCUT2D eigenvalue weighted by atomic mass is 9.98. The Hall–Kier alpha value is -2.83. The Labute approximate surface area is 179 Å². The molecule has 7 heteroatoms. The van der Waals surface area contributed by atoms with Crippen LogP contribution < -0.4 is 5.32 Å². The van der Waals surface area contributed by atoms with Crippen LogP contribution in [0, 0.1) is 0 Å². The van der Waals surface area contributed by atoms with Crippen molar-refractivity contribution in [1.29, 1.82) is 0 Å². The van der Waals surface area contributed by atoms with E-state index in [1.165, 1.54) is 0 Å². The number of fused-ring (bicyclic) bond motifs is 2. The average molecular weight is 423 g/mol. The van der Waals surface area contributed by atoms with Gasteiger partial charge < -0.3 is 15.2 Å². The number of nitrogens with zero attached hydrogens (tertiary/aromatic N) is 2. The Morgan fingerprint density at radius 3 is 2.67 bits per heavy atom. The summed E-state index contributed by atoms with van der Waals surface area (Å²) in [4.78, 5) is 33.2. The van der Waals surface area contributed by atoms with Gasteiger partial charge in [-0.05, 0) is 29.3 Å². The third kappa shape index (κ3) is 3.57.